The Balaban J connectivity index is 1.58. The number of aliphatic hydroxyl groups is 1. The molecule has 36 heavy (non-hydrogen) atoms. The molecule has 2 aliphatic heterocycles. The predicted molar refractivity (Wildman–Crippen MR) is 154 cm³/mol. The monoisotopic (exact) mass is 609 g/mol. The fraction of sp³-hybridized carbons (Fsp3) is 0.333. The van der Waals surface area contributed by atoms with Crippen molar-refractivity contribution in [3.05, 3.63) is 91.2 Å². The van der Waals surface area contributed by atoms with Gasteiger partial charge >= 0.3 is 0 Å². The largest absolute Gasteiger partial charge is 0.506 e. The molecule has 0 aromatic heterocycles. The van der Waals surface area contributed by atoms with Gasteiger partial charge in [-0.1, -0.05) is 45.7 Å². The average molecular weight is 611 g/mol. The van der Waals surface area contributed by atoms with E-state index in [2.05, 4.69) is 107 Å². The van der Waals surface area contributed by atoms with Gasteiger partial charge in [-0.2, -0.15) is 4.58 Å². The molecular formula is C30H31Br2N2O2+. The van der Waals surface area contributed by atoms with Crippen molar-refractivity contribution in [1.29, 1.82) is 0 Å². The number of ketones is 1. The van der Waals surface area contributed by atoms with Gasteiger partial charge in [-0.05, 0) is 69.7 Å². The molecule has 3 aliphatic rings. The van der Waals surface area contributed by atoms with E-state index in [9.17, 15) is 9.90 Å². The highest BCUT2D eigenvalue weighted by molar-refractivity contribution is 9.10. The molecule has 6 heteroatoms. The second-order valence-corrected chi connectivity index (χ2v) is 12.5. The number of hydrogen-bond donors (Lipinski definition) is 1. The van der Waals surface area contributed by atoms with Crippen molar-refractivity contribution in [2.24, 2.45) is 0 Å². The van der Waals surface area contributed by atoms with Crippen LogP contribution in [0, 0.1) is 0 Å². The summed E-state index contributed by atoms with van der Waals surface area (Å²) in [4.78, 5) is 15.7. The minimum absolute atomic E-state index is 0.0768. The van der Waals surface area contributed by atoms with E-state index < -0.39 is 0 Å². The lowest BCUT2D eigenvalue weighted by Crippen LogP contribution is -2.32. The zero-order valence-electron chi connectivity index (χ0n) is 21.5. The predicted octanol–water partition coefficient (Wildman–Crippen LogP) is 7.63. The Hall–Kier alpha value is -2.44. The van der Waals surface area contributed by atoms with Gasteiger partial charge in [-0.25, -0.2) is 0 Å². The van der Waals surface area contributed by atoms with Crippen molar-refractivity contribution >= 4 is 54.7 Å². The number of allylic oxidation sites excluding steroid dienone is 5. The van der Waals surface area contributed by atoms with Crippen molar-refractivity contribution in [2.75, 3.05) is 18.0 Å². The molecule has 0 spiro atoms. The number of fused-ring (bicyclic) bond motifs is 2. The molecule has 0 unspecified atom stereocenters. The van der Waals surface area contributed by atoms with Crippen LogP contribution in [0.25, 0.3) is 0 Å². The summed E-state index contributed by atoms with van der Waals surface area (Å²) >= 11 is 7.20. The fourth-order valence-electron chi connectivity index (χ4n) is 5.88. The Bertz CT molecular complexity index is 1460. The van der Waals surface area contributed by atoms with Crippen LogP contribution in [0.3, 0.4) is 0 Å². The molecule has 0 saturated carbocycles. The molecule has 5 rings (SSSR count). The highest BCUT2D eigenvalue weighted by Crippen LogP contribution is 2.50. The molecular weight excluding hydrogens is 580 g/mol. The molecule has 0 saturated heterocycles. The maximum atomic E-state index is 13.4. The summed E-state index contributed by atoms with van der Waals surface area (Å²) in [7, 11) is 0. The summed E-state index contributed by atoms with van der Waals surface area (Å²) in [6.07, 6.45) is 3.78. The molecule has 0 bridgehead atoms. The van der Waals surface area contributed by atoms with Gasteiger partial charge in [0.25, 0.3) is 0 Å². The van der Waals surface area contributed by atoms with Crippen LogP contribution in [0.4, 0.5) is 11.4 Å². The van der Waals surface area contributed by atoms with Gasteiger partial charge in [-0.3, -0.25) is 4.79 Å². The number of carbonyl (C=O) groups is 1. The summed E-state index contributed by atoms with van der Waals surface area (Å²) < 4.78 is 4.30. The number of nitrogens with zero attached hydrogens (tertiary/aromatic N) is 2. The van der Waals surface area contributed by atoms with E-state index in [1.165, 1.54) is 11.1 Å². The van der Waals surface area contributed by atoms with Crippen LogP contribution < -0.4 is 4.90 Å². The van der Waals surface area contributed by atoms with E-state index >= 15 is 0 Å². The van der Waals surface area contributed by atoms with E-state index in [1.54, 1.807) is 0 Å². The highest BCUT2D eigenvalue weighted by Gasteiger charge is 2.47. The second kappa shape index (κ2) is 8.56. The molecule has 1 N–H and O–H groups in total. The number of carbonyl (C=O) groups excluding carboxylic acids is 1. The Labute approximate surface area is 230 Å². The van der Waals surface area contributed by atoms with Gasteiger partial charge in [0.2, 0.25) is 11.5 Å². The molecule has 0 atom stereocenters. The third-order valence-corrected chi connectivity index (χ3v) is 8.89. The second-order valence-electron chi connectivity index (χ2n) is 10.6. The third-order valence-electron chi connectivity index (χ3n) is 7.90. The average Bonchev–Trinajstić information content (AvgIpc) is 3.18. The quantitative estimate of drug-likeness (QED) is 0.286. The first kappa shape index (κ1) is 25.2. The van der Waals surface area contributed by atoms with Gasteiger partial charge in [0.05, 0.1) is 16.6 Å². The summed E-state index contributed by atoms with van der Waals surface area (Å²) in [5, 5.41) is 11.1. The van der Waals surface area contributed by atoms with Crippen LogP contribution in [0.5, 0.6) is 0 Å². The van der Waals surface area contributed by atoms with E-state index in [-0.39, 0.29) is 22.4 Å². The van der Waals surface area contributed by atoms with Crippen LogP contribution in [-0.4, -0.2) is 34.3 Å². The number of hydrogen-bond acceptors (Lipinski definition) is 3. The van der Waals surface area contributed by atoms with Crippen molar-refractivity contribution in [2.45, 2.75) is 52.4 Å². The van der Waals surface area contributed by atoms with Crippen LogP contribution in [0.2, 0.25) is 0 Å². The third kappa shape index (κ3) is 3.52. The van der Waals surface area contributed by atoms with Gasteiger partial charge in [0, 0.05) is 50.0 Å². The van der Waals surface area contributed by atoms with Crippen molar-refractivity contribution in [3.63, 3.8) is 0 Å². The van der Waals surface area contributed by atoms with Gasteiger partial charge in [0.15, 0.2) is 5.71 Å². The fourth-order valence-corrected chi connectivity index (χ4v) is 6.60. The van der Waals surface area contributed by atoms with Crippen molar-refractivity contribution < 1.29 is 14.5 Å². The zero-order chi connectivity index (χ0) is 26.2. The van der Waals surface area contributed by atoms with E-state index in [1.807, 2.05) is 24.3 Å². The van der Waals surface area contributed by atoms with Crippen LogP contribution in [0.1, 0.15) is 52.7 Å². The molecule has 1 aliphatic carbocycles. The maximum absolute atomic E-state index is 13.4. The topological polar surface area (TPSA) is 43.5 Å². The molecule has 0 amide bonds. The maximum Gasteiger partial charge on any atom is 0.209 e. The minimum atomic E-state index is -0.293. The Kier molecular flexibility index (Phi) is 6.00. The first-order valence-electron chi connectivity index (χ1n) is 12.4. The molecule has 2 aromatic carbocycles. The van der Waals surface area contributed by atoms with Crippen molar-refractivity contribution in [3.8, 4) is 0 Å². The van der Waals surface area contributed by atoms with Crippen LogP contribution in [0.15, 0.2) is 80.1 Å². The lowest BCUT2D eigenvalue weighted by molar-refractivity contribution is -0.433. The summed E-state index contributed by atoms with van der Waals surface area (Å²) in [6.45, 7) is 14.5. The molecule has 2 aromatic rings. The first-order valence-corrected chi connectivity index (χ1v) is 14.0. The van der Waals surface area contributed by atoms with E-state index in [0.717, 1.165) is 44.8 Å². The lowest BCUT2D eigenvalue weighted by atomic mass is 9.77. The summed E-state index contributed by atoms with van der Waals surface area (Å²) in [5.41, 5.74) is 6.93. The van der Waals surface area contributed by atoms with E-state index in [0.29, 0.717) is 11.1 Å². The van der Waals surface area contributed by atoms with Gasteiger partial charge < -0.3 is 10.0 Å². The Morgan fingerprint density at radius 2 is 1.58 bits per heavy atom. The zero-order valence-corrected chi connectivity index (χ0v) is 24.7. The van der Waals surface area contributed by atoms with Crippen LogP contribution in [-0.2, 0) is 15.6 Å². The molecule has 186 valence electrons. The molecule has 4 nitrogen and oxygen atoms in total. The molecule has 0 radical (unpaired) electrons. The molecule has 2 heterocycles. The number of likely N-dealkylation sites (N-methyl/N-ethyl adjacent to an activating group) is 1. The smallest absolute Gasteiger partial charge is 0.209 e. The van der Waals surface area contributed by atoms with Gasteiger partial charge in [-0.15, -0.1) is 0 Å². The number of benzene rings is 2. The number of Topliss-reactive ketones (excluding diaryl/α,β-unsaturated/α-hetero) is 1. The Morgan fingerprint density at radius 3 is 2.19 bits per heavy atom. The van der Waals surface area contributed by atoms with Crippen molar-refractivity contribution in [1.82, 2.24) is 0 Å². The van der Waals surface area contributed by atoms with Gasteiger partial charge in [0.1, 0.15) is 12.3 Å². The number of halogens is 2. The standard InChI is InChI=1S/C30H30Br2N2O2/c1-7-33-23-11-9-17(31)13-21(23)29(3,4)25(33)15-19-27(35)20(28(19)36)16-26-30(5,6)22-14-18(32)10-12-24(22)34(26)8-2/h9-16H,7-8H2,1-6H3/p+1. The Morgan fingerprint density at radius 1 is 0.944 bits per heavy atom. The summed E-state index contributed by atoms with van der Waals surface area (Å²) in [5.74, 6) is -0.0338. The number of anilines is 1. The molecule has 0 fully saturated rings. The summed E-state index contributed by atoms with van der Waals surface area (Å²) in [6, 6.07) is 12.6. The van der Waals surface area contributed by atoms with E-state index in [4.69, 9.17) is 0 Å². The SMILES string of the molecule is CCN1/C(=C/C2=C(O)C(=C\C3=[N+](CC)c4ccc(Br)cc4C3(C)C)/C2=O)C(C)(C)c2cc(Br)ccc21. The highest BCUT2D eigenvalue weighted by atomic mass is 79.9. The first-order chi connectivity index (χ1) is 16.9. The lowest BCUT2D eigenvalue weighted by Gasteiger charge is -2.28. The minimum Gasteiger partial charge on any atom is -0.506 e. The van der Waals surface area contributed by atoms with Crippen LogP contribution >= 0.6 is 31.9 Å². The normalized spacial score (nSPS) is 22.0. The number of rotatable bonds is 4. The number of aliphatic hydroxyl groups excluding tert-OH is 1.